The second-order valence-corrected chi connectivity index (χ2v) is 9.90. The molecule has 1 N–H and O–H groups in total. The van der Waals surface area contributed by atoms with E-state index in [0.29, 0.717) is 30.6 Å². The smallest absolute Gasteiger partial charge is 0.133 e. The topological polar surface area (TPSA) is 61.1 Å². The van der Waals surface area contributed by atoms with Crippen LogP contribution in [0.3, 0.4) is 0 Å². The van der Waals surface area contributed by atoms with E-state index in [1.807, 2.05) is 0 Å². The SMILES string of the molecule is CC(=O)[C@H]1CC[C@H]2[C@@H]3CCC4CCCC[C@]4(C)[C@H]3C(O)C[C@]12CC#N. The molecule has 3 heteroatoms. The van der Waals surface area contributed by atoms with Crippen LogP contribution in [0.25, 0.3) is 0 Å². The molecule has 0 amide bonds. The van der Waals surface area contributed by atoms with Crippen LogP contribution >= 0.6 is 0 Å². The Labute approximate surface area is 152 Å². The molecule has 0 aliphatic heterocycles. The summed E-state index contributed by atoms with van der Waals surface area (Å²) in [6, 6.07) is 2.40. The van der Waals surface area contributed by atoms with Gasteiger partial charge in [0.2, 0.25) is 0 Å². The van der Waals surface area contributed by atoms with Crippen LogP contribution in [-0.2, 0) is 4.79 Å². The van der Waals surface area contributed by atoms with Gasteiger partial charge >= 0.3 is 0 Å². The number of fused-ring (bicyclic) bond motifs is 5. The molecular formula is C22H33NO2. The van der Waals surface area contributed by atoms with Crippen molar-refractivity contribution >= 4 is 5.78 Å². The summed E-state index contributed by atoms with van der Waals surface area (Å²) in [5.41, 5.74) is 0.0206. The number of carbonyl (C=O) groups is 1. The Morgan fingerprint density at radius 2 is 2.00 bits per heavy atom. The van der Waals surface area contributed by atoms with Crippen LogP contribution in [0, 0.1) is 51.8 Å². The van der Waals surface area contributed by atoms with Gasteiger partial charge in [0.25, 0.3) is 0 Å². The molecule has 0 spiro atoms. The van der Waals surface area contributed by atoms with Crippen molar-refractivity contribution in [3.63, 3.8) is 0 Å². The normalized spacial score (nSPS) is 51.8. The lowest BCUT2D eigenvalue weighted by Gasteiger charge is -2.62. The average molecular weight is 344 g/mol. The number of aliphatic hydroxyl groups excluding tert-OH is 1. The first-order valence-electron chi connectivity index (χ1n) is 10.5. The number of carbonyl (C=O) groups excluding carboxylic acids is 1. The fourth-order valence-electron chi connectivity index (χ4n) is 8.29. The van der Waals surface area contributed by atoms with Gasteiger partial charge in [0.15, 0.2) is 0 Å². The van der Waals surface area contributed by atoms with E-state index in [1.165, 1.54) is 38.5 Å². The number of ketones is 1. The Balaban J connectivity index is 1.72. The van der Waals surface area contributed by atoms with Crippen molar-refractivity contribution in [1.29, 1.82) is 5.26 Å². The zero-order chi connectivity index (χ0) is 17.8. The fourth-order valence-corrected chi connectivity index (χ4v) is 8.29. The van der Waals surface area contributed by atoms with E-state index < -0.39 is 0 Å². The highest BCUT2D eigenvalue weighted by Gasteiger charge is 2.64. The minimum absolute atomic E-state index is 0.00960. The second-order valence-electron chi connectivity index (χ2n) is 9.90. The van der Waals surface area contributed by atoms with Gasteiger partial charge in [-0.05, 0) is 86.4 Å². The van der Waals surface area contributed by atoms with E-state index in [0.717, 1.165) is 18.8 Å². The average Bonchev–Trinajstić information content (AvgIpc) is 2.93. The molecule has 0 radical (unpaired) electrons. The Kier molecular flexibility index (Phi) is 4.27. The summed E-state index contributed by atoms with van der Waals surface area (Å²) in [6.07, 6.45) is 10.5. The molecule has 4 aliphatic carbocycles. The van der Waals surface area contributed by atoms with Crippen LogP contribution in [0.1, 0.15) is 78.1 Å². The number of hydrogen-bond donors (Lipinski definition) is 1. The van der Waals surface area contributed by atoms with E-state index in [4.69, 9.17) is 0 Å². The maximum Gasteiger partial charge on any atom is 0.133 e. The first kappa shape index (κ1) is 17.5. The predicted molar refractivity (Wildman–Crippen MR) is 96.5 cm³/mol. The molecule has 0 bridgehead atoms. The number of rotatable bonds is 2. The second kappa shape index (κ2) is 6.08. The van der Waals surface area contributed by atoms with Crippen LogP contribution in [0.2, 0.25) is 0 Å². The molecule has 25 heavy (non-hydrogen) atoms. The van der Waals surface area contributed by atoms with E-state index in [2.05, 4.69) is 13.0 Å². The third-order valence-electron chi connectivity index (χ3n) is 9.14. The molecule has 4 saturated carbocycles. The van der Waals surface area contributed by atoms with Crippen molar-refractivity contribution in [1.82, 2.24) is 0 Å². The minimum atomic E-state index is -0.333. The summed E-state index contributed by atoms with van der Waals surface area (Å²) in [4.78, 5) is 12.3. The molecular weight excluding hydrogens is 310 g/mol. The van der Waals surface area contributed by atoms with Gasteiger partial charge in [0.1, 0.15) is 5.78 Å². The number of nitrogens with zero attached hydrogens (tertiary/aromatic N) is 1. The van der Waals surface area contributed by atoms with Gasteiger partial charge in [-0.1, -0.05) is 19.8 Å². The van der Waals surface area contributed by atoms with E-state index >= 15 is 0 Å². The summed E-state index contributed by atoms with van der Waals surface area (Å²) < 4.78 is 0. The summed E-state index contributed by atoms with van der Waals surface area (Å²) in [5, 5.41) is 20.9. The van der Waals surface area contributed by atoms with Crippen molar-refractivity contribution in [2.75, 3.05) is 0 Å². The zero-order valence-corrected chi connectivity index (χ0v) is 15.8. The quantitative estimate of drug-likeness (QED) is 0.803. The van der Waals surface area contributed by atoms with E-state index in [1.54, 1.807) is 6.92 Å². The monoisotopic (exact) mass is 343 g/mol. The predicted octanol–water partition coefficient (Wildman–Crippen LogP) is 4.49. The summed E-state index contributed by atoms with van der Waals surface area (Å²) in [5.74, 6) is 2.36. The Morgan fingerprint density at radius 3 is 2.72 bits per heavy atom. The Morgan fingerprint density at radius 1 is 1.20 bits per heavy atom. The summed E-state index contributed by atoms with van der Waals surface area (Å²) in [6.45, 7) is 4.15. The van der Waals surface area contributed by atoms with E-state index in [-0.39, 0.29) is 28.6 Å². The fraction of sp³-hybridized carbons (Fsp3) is 0.909. The Hall–Kier alpha value is -0.880. The van der Waals surface area contributed by atoms with Crippen molar-refractivity contribution < 1.29 is 9.90 Å². The van der Waals surface area contributed by atoms with E-state index in [9.17, 15) is 15.2 Å². The lowest BCUT2D eigenvalue weighted by atomic mass is 9.43. The van der Waals surface area contributed by atoms with Gasteiger partial charge in [0, 0.05) is 12.3 Å². The zero-order valence-electron chi connectivity index (χ0n) is 15.8. The molecule has 0 aromatic carbocycles. The molecule has 4 rings (SSSR count). The molecule has 4 fully saturated rings. The van der Waals surface area contributed by atoms with Gasteiger partial charge in [-0.3, -0.25) is 4.79 Å². The van der Waals surface area contributed by atoms with Crippen molar-refractivity contribution in [3.8, 4) is 6.07 Å². The van der Waals surface area contributed by atoms with Gasteiger partial charge in [-0.15, -0.1) is 0 Å². The molecule has 138 valence electrons. The molecule has 0 aromatic heterocycles. The maximum atomic E-state index is 12.3. The molecule has 4 aliphatic rings. The molecule has 8 atom stereocenters. The lowest BCUT2D eigenvalue weighted by Crippen LogP contribution is -2.59. The molecule has 2 unspecified atom stereocenters. The first-order valence-corrected chi connectivity index (χ1v) is 10.5. The number of nitriles is 1. The van der Waals surface area contributed by atoms with Gasteiger partial charge in [0.05, 0.1) is 12.2 Å². The Bertz CT molecular complexity index is 595. The maximum absolute atomic E-state index is 12.3. The minimum Gasteiger partial charge on any atom is -0.393 e. The third-order valence-corrected chi connectivity index (χ3v) is 9.14. The van der Waals surface area contributed by atoms with Crippen LogP contribution in [0.15, 0.2) is 0 Å². The molecule has 0 aromatic rings. The number of Topliss-reactive ketones (excluding diaryl/α,β-unsaturated/α-hetero) is 1. The molecule has 0 saturated heterocycles. The van der Waals surface area contributed by atoms with Gasteiger partial charge in [-0.25, -0.2) is 0 Å². The van der Waals surface area contributed by atoms with Crippen LogP contribution in [0.4, 0.5) is 0 Å². The van der Waals surface area contributed by atoms with Crippen molar-refractivity contribution in [2.45, 2.75) is 84.2 Å². The number of aliphatic hydroxyl groups is 1. The summed E-state index contributed by atoms with van der Waals surface area (Å²) >= 11 is 0. The van der Waals surface area contributed by atoms with Gasteiger partial charge < -0.3 is 5.11 Å². The van der Waals surface area contributed by atoms with Crippen LogP contribution in [-0.4, -0.2) is 17.0 Å². The van der Waals surface area contributed by atoms with Gasteiger partial charge in [-0.2, -0.15) is 5.26 Å². The third kappa shape index (κ3) is 2.36. The van der Waals surface area contributed by atoms with Crippen LogP contribution in [0.5, 0.6) is 0 Å². The highest BCUT2D eigenvalue weighted by Crippen LogP contribution is 2.68. The standard InChI is InChI=1S/C22H33NO2/c1-14(24)17-8-9-18-16-7-6-15-5-3-4-10-21(15,2)20(16)19(25)13-22(17,18)11-12-23/h15-20,25H,3-11,13H2,1-2H3/t15?,16-,17+,18-,19?,20+,21-,22+/m0/s1. The number of hydrogen-bond acceptors (Lipinski definition) is 3. The first-order chi connectivity index (χ1) is 11.9. The largest absolute Gasteiger partial charge is 0.393 e. The highest BCUT2D eigenvalue weighted by atomic mass is 16.3. The highest BCUT2D eigenvalue weighted by molar-refractivity contribution is 5.79. The molecule has 3 nitrogen and oxygen atoms in total. The van der Waals surface area contributed by atoms with Crippen molar-refractivity contribution in [3.05, 3.63) is 0 Å². The lowest BCUT2D eigenvalue weighted by molar-refractivity contribution is -0.173. The molecule has 0 heterocycles. The van der Waals surface area contributed by atoms with Crippen LogP contribution < -0.4 is 0 Å². The summed E-state index contributed by atoms with van der Waals surface area (Å²) in [7, 11) is 0. The van der Waals surface area contributed by atoms with Crippen molar-refractivity contribution in [2.24, 2.45) is 40.4 Å².